The first kappa shape index (κ1) is 36.4. The van der Waals surface area contributed by atoms with Crippen LogP contribution in [0.25, 0.3) is 0 Å². The average molecular weight is 663 g/mol. The summed E-state index contributed by atoms with van der Waals surface area (Å²) in [5.74, 6) is -2.17. The quantitative estimate of drug-likeness (QED) is 0.219. The van der Waals surface area contributed by atoms with Crippen molar-refractivity contribution in [2.24, 2.45) is 0 Å². The van der Waals surface area contributed by atoms with Crippen LogP contribution in [0, 0.1) is 0 Å². The monoisotopic (exact) mass is 662 g/mol. The van der Waals surface area contributed by atoms with Crippen LogP contribution in [0.4, 0.5) is 0 Å². The van der Waals surface area contributed by atoms with Gasteiger partial charge in [0.2, 0.25) is 0 Å². The van der Waals surface area contributed by atoms with E-state index in [-0.39, 0.29) is 19.8 Å². The third-order valence-corrected chi connectivity index (χ3v) is 7.52. The van der Waals surface area contributed by atoms with Crippen molar-refractivity contribution < 1.29 is 67.2 Å². The number of carbonyl (C=O) groups excluding carboxylic acids is 3. The van der Waals surface area contributed by atoms with Gasteiger partial charge in [-0.3, -0.25) is 14.4 Å². The molecule has 4 rings (SSSR count). The molecule has 258 valence electrons. The number of rotatable bonds is 14. The lowest BCUT2D eigenvalue weighted by Crippen LogP contribution is -2.64. The van der Waals surface area contributed by atoms with Crippen LogP contribution in [0.15, 0.2) is 60.7 Å². The minimum absolute atomic E-state index is 0.108. The van der Waals surface area contributed by atoms with Gasteiger partial charge >= 0.3 is 17.9 Å². The molecular formula is C33H42O14. The number of aliphatic hydroxyl groups is 2. The highest BCUT2D eigenvalue weighted by molar-refractivity contribution is 5.68. The maximum Gasteiger partial charge on any atom is 0.303 e. The molecule has 0 aliphatic carbocycles. The third-order valence-electron chi connectivity index (χ3n) is 7.52. The van der Waals surface area contributed by atoms with Crippen molar-refractivity contribution in [1.29, 1.82) is 0 Å². The predicted molar refractivity (Wildman–Crippen MR) is 160 cm³/mol. The zero-order valence-electron chi connectivity index (χ0n) is 26.7. The Morgan fingerprint density at radius 1 is 0.638 bits per heavy atom. The highest BCUT2D eigenvalue weighted by atomic mass is 16.8. The molecule has 2 fully saturated rings. The van der Waals surface area contributed by atoms with Crippen LogP contribution >= 0.6 is 0 Å². The van der Waals surface area contributed by atoms with Crippen molar-refractivity contribution >= 4 is 17.9 Å². The summed E-state index contributed by atoms with van der Waals surface area (Å²) in [6.45, 7) is 2.79. The lowest BCUT2D eigenvalue weighted by Gasteiger charge is -2.46. The van der Waals surface area contributed by atoms with Crippen LogP contribution in [0.3, 0.4) is 0 Å². The maximum absolute atomic E-state index is 12.2. The Bertz CT molecular complexity index is 1280. The van der Waals surface area contributed by atoms with E-state index in [1.54, 1.807) is 0 Å². The molecular weight excluding hydrogens is 620 g/mol. The Morgan fingerprint density at radius 2 is 1.13 bits per heavy atom. The van der Waals surface area contributed by atoms with Crippen LogP contribution in [0.1, 0.15) is 31.9 Å². The molecule has 0 bridgehead atoms. The molecule has 2 aromatic rings. The first-order chi connectivity index (χ1) is 22.6. The third kappa shape index (κ3) is 10.0. The zero-order valence-corrected chi connectivity index (χ0v) is 26.7. The number of esters is 3. The number of carbonyl (C=O) groups is 3. The lowest BCUT2D eigenvalue weighted by atomic mass is 9.97. The molecule has 0 saturated carbocycles. The largest absolute Gasteiger partial charge is 0.456 e. The molecule has 0 aromatic heterocycles. The van der Waals surface area contributed by atoms with E-state index < -0.39 is 85.9 Å². The maximum atomic E-state index is 12.2. The van der Waals surface area contributed by atoms with Gasteiger partial charge in [0.05, 0.1) is 26.4 Å². The van der Waals surface area contributed by atoms with E-state index in [2.05, 4.69) is 0 Å². The molecule has 2 heterocycles. The Labute approximate surface area is 272 Å². The first-order valence-electron chi connectivity index (χ1n) is 15.2. The van der Waals surface area contributed by atoms with Gasteiger partial charge in [0.15, 0.2) is 30.9 Å². The van der Waals surface area contributed by atoms with Gasteiger partial charge in [0, 0.05) is 27.9 Å². The van der Waals surface area contributed by atoms with Crippen molar-refractivity contribution in [1.82, 2.24) is 0 Å². The highest BCUT2D eigenvalue weighted by Gasteiger charge is 2.53. The summed E-state index contributed by atoms with van der Waals surface area (Å²) in [4.78, 5) is 36.2. The fourth-order valence-electron chi connectivity index (χ4n) is 5.44. The lowest BCUT2D eigenvalue weighted by molar-refractivity contribution is -0.339. The summed E-state index contributed by atoms with van der Waals surface area (Å²) in [7, 11) is 1.30. The SMILES string of the molecule is CO[C@H]1OC(CO[C@@H]2OC(CO)[C@@H](O)[C@H](OCc3ccccc3)C2OCc2ccccc2)[C@@H](OC(C)=O)[C@H](OC(C)=O)C1OC(C)=O. The smallest absolute Gasteiger partial charge is 0.303 e. The molecule has 0 amide bonds. The summed E-state index contributed by atoms with van der Waals surface area (Å²) in [6, 6.07) is 18.6. The van der Waals surface area contributed by atoms with E-state index in [1.807, 2.05) is 60.7 Å². The molecule has 2 aromatic carbocycles. The van der Waals surface area contributed by atoms with Crippen LogP contribution in [-0.2, 0) is 70.2 Å². The number of hydrogen-bond donors (Lipinski definition) is 2. The summed E-state index contributed by atoms with van der Waals surface area (Å²) < 4.78 is 52.4. The van der Waals surface area contributed by atoms with E-state index in [9.17, 15) is 24.6 Å². The summed E-state index contributed by atoms with van der Waals surface area (Å²) in [6.07, 6.45) is -12.0. The molecule has 2 aliphatic heterocycles. The van der Waals surface area contributed by atoms with Crippen LogP contribution in [-0.4, -0.2) is 110 Å². The Morgan fingerprint density at radius 3 is 1.64 bits per heavy atom. The van der Waals surface area contributed by atoms with Crippen molar-refractivity contribution in [3.63, 3.8) is 0 Å². The Balaban J connectivity index is 1.61. The van der Waals surface area contributed by atoms with Gasteiger partial charge in [-0.05, 0) is 11.1 Å². The van der Waals surface area contributed by atoms with Gasteiger partial charge in [0.25, 0.3) is 0 Å². The highest BCUT2D eigenvalue weighted by Crippen LogP contribution is 2.32. The van der Waals surface area contributed by atoms with E-state index in [1.165, 1.54) is 7.11 Å². The molecule has 2 saturated heterocycles. The van der Waals surface area contributed by atoms with Gasteiger partial charge in [-0.15, -0.1) is 0 Å². The fraction of sp³-hybridized carbons (Fsp3) is 0.545. The second-order valence-corrected chi connectivity index (χ2v) is 11.1. The fourth-order valence-corrected chi connectivity index (χ4v) is 5.44. The standard InChI is InChI=1S/C33H42O14/c1-19(35)43-27-25(47-32(39-4)31(45-21(3)37)29(27)44-20(2)36)18-42-33-30(41-17-23-13-9-6-10-14-23)28(26(38)24(15-34)46-33)40-16-22-11-7-5-8-12-22/h5-14,24-34,38H,15-18H2,1-4H3/t24?,25?,26-,27-,28+,29+,30?,31?,32+,33-/m1/s1. The summed E-state index contributed by atoms with van der Waals surface area (Å²) in [5.41, 5.74) is 1.68. The van der Waals surface area contributed by atoms with Crippen molar-refractivity contribution in [3.05, 3.63) is 71.8 Å². The van der Waals surface area contributed by atoms with Gasteiger partial charge in [-0.25, -0.2) is 0 Å². The molecule has 0 spiro atoms. The van der Waals surface area contributed by atoms with Gasteiger partial charge in [-0.1, -0.05) is 60.7 Å². The normalized spacial score (nSPS) is 30.7. The number of methoxy groups -OCH3 is 1. The molecule has 0 radical (unpaired) electrons. The van der Waals surface area contributed by atoms with Crippen molar-refractivity contribution in [3.8, 4) is 0 Å². The molecule has 14 heteroatoms. The summed E-state index contributed by atoms with van der Waals surface area (Å²) >= 11 is 0. The van der Waals surface area contributed by atoms with Crippen LogP contribution in [0.2, 0.25) is 0 Å². The van der Waals surface area contributed by atoms with E-state index in [0.29, 0.717) is 0 Å². The van der Waals surface area contributed by atoms with Gasteiger partial charge in [0.1, 0.15) is 30.5 Å². The second-order valence-electron chi connectivity index (χ2n) is 11.1. The second kappa shape index (κ2) is 17.6. The number of aliphatic hydroxyl groups excluding tert-OH is 2. The van der Waals surface area contributed by atoms with E-state index >= 15 is 0 Å². The molecule has 47 heavy (non-hydrogen) atoms. The molecule has 14 nitrogen and oxygen atoms in total. The number of benzene rings is 2. The number of ether oxygens (including phenoxy) is 9. The van der Waals surface area contributed by atoms with Crippen molar-refractivity contribution in [2.75, 3.05) is 20.3 Å². The van der Waals surface area contributed by atoms with Crippen molar-refractivity contribution in [2.45, 2.75) is 95.4 Å². The average Bonchev–Trinajstić information content (AvgIpc) is 3.05. The zero-order chi connectivity index (χ0) is 33.9. The predicted octanol–water partition coefficient (Wildman–Crippen LogP) is 1.42. The first-order valence-corrected chi connectivity index (χ1v) is 15.2. The van der Waals surface area contributed by atoms with Crippen LogP contribution in [0.5, 0.6) is 0 Å². The number of hydrogen-bond acceptors (Lipinski definition) is 14. The Hall–Kier alpha value is -3.47. The van der Waals surface area contributed by atoms with Gasteiger partial charge in [-0.2, -0.15) is 0 Å². The minimum atomic E-state index is -1.32. The molecule has 2 aliphatic rings. The van der Waals surface area contributed by atoms with E-state index in [0.717, 1.165) is 31.9 Å². The summed E-state index contributed by atoms with van der Waals surface area (Å²) in [5, 5.41) is 21.3. The Kier molecular flexibility index (Phi) is 13.6. The molecule has 10 atom stereocenters. The van der Waals surface area contributed by atoms with Gasteiger partial charge < -0.3 is 52.8 Å². The topological polar surface area (TPSA) is 175 Å². The van der Waals surface area contributed by atoms with E-state index in [4.69, 9.17) is 42.6 Å². The molecule has 2 N–H and O–H groups in total. The minimum Gasteiger partial charge on any atom is -0.456 e. The van der Waals surface area contributed by atoms with Crippen LogP contribution < -0.4 is 0 Å². The molecule has 4 unspecified atom stereocenters.